The van der Waals surface area contributed by atoms with Crippen LogP contribution >= 0.6 is 23.1 Å². The molecule has 0 bridgehead atoms. The van der Waals surface area contributed by atoms with Crippen LogP contribution in [0.3, 0.4) is 0 Å². The Labute approximate surface area is 169 Å². The Hall–Kier alpha value is -2.52. The van der Waals surface area contributed by atoms with Crippen molar-refractivity contribution in [3.05, 3.63) is 59.2 Å². The molecule has 0 saturated carbocycles. The lowest BCUT2D eigenvalue weighted by molar-refractivity contribution is -0.115. The van der Waals surface area contributed by atoms with Crippen molar-refractivity contribution in [1.82, 2.24) is 10.2 Å². The molecular weight excluding hydrogens is 402 g/mol. The first-order valence-corrected chi connectivity index (χ1v) is 10.1. The average Bonchev–Trinajstić information content (AvgIpc) is 3.09. The van der Waals surface area contributed by atoms with E-state index in [1.807, 2.05) is 32.0 Å². The predicted molar refractivity (Wildman–Crippen MR) is 109 cm³/mol. The summed E-state index contributed by atoms with van der Waals surface area (Å²) in [5, 5.41) is 13.7. The first-order chi connectivity index (χ1) is 13.3. The van der Waals surface area contributed by atoms with Gasteiger partial charge in [0.05, 0.1) is 5.25 Å². The molecule has 0 fully saturated rings. The lowest BCUT2D eigenvalue weighted by Crippen LogP contribution is -2.23. The van der Waals surface area contributed by atoms with Gasteiger partial charge in [-0.25, -0.2) is 8.78 Å². The molecule has 5 nitrogen and oxygen atoms in total. The number of nitrogens with zero attached hydrogens (tertiary/aromatic N) is 2. The molecule has 0 aliphatic carbocycles. The first kappa shape index (κ1) is 20.2. The third-order valence-electron chi connectivity index (χ3n) is 4.11. The quantitative estimate of drug-likeness (QED) is 0.530. The number of carbonyl (C=O) groups is 1. The monoisotopic (exact) mass is 420 g/mol. The van der Waals surface area contributed by atoms with Crippen molar-refractivity contribution in [2.45, 2.75) is 30.4 Å². The van der Waals surface area contributed by atoms with Gasteiger partial charge in [-0.15, -0.1) is 10.2 Å². The van der Waals surface area contributed by atoms with E-state index in [1.54, 1.807) is 6.92 Å². The van der Waals surface area contributed by atoms with E-state index in [0.29, 0.717) is 9.47 Å². The molecular formula is C19H18F2N4OS2. The van der Waals surface area contributed by atoms with Gasteiger partial charge in [0.25, 0.3) is 0 Å². The molecule has 146 valence electrons. The molecule has 0 aliphatic heterocycles. The van der Waals surface area contributed by atoms with Crippen molar-refractivity contribution in [3.63, 3.8) is 0 Å². The van der Waals surface area contributed by atoms with Crippen molar-refractivity contribution in [1.29, 1.82) is 0 Å². The van der Waals surface area contributed by atoms with Gasteiger partial charge in [0, 0.05) is 5.69 Å². The van der Waals surface area contributed by atoms with E-state index >= 15 is 0 Å². The number of aryl methyl sites for hydroxylation is 1. The van der Waals surface area contributed by atoms with E-state index in [9.17, 15) is 13.6 Å². The summed E-state index contributed by atoms with van der Waals surface area (Å²) in [6, 6.07) is 9.36. The Morgan fingerprint density at radius 3 is 2.50 bits per heavy atom. The number of thioether (sulfide) groups is 1. The van der Waals surface area contributed by atoms with Gasteiger partial charge in [0.15, 0.2) is 4.34 Å². The minimum Gasteiger partial charge on any atom is -0.330 e. The maximum atomic E-state index is 13.7. The van der Waals surface area contributed by atoms with Crippen LogP contribution in [0.15, 0.2) is 40.7 Å². The molecule has 2 aromatic carbocycles. The molecule has 3 aromatic rings. The molecule has 2 N–H and O–H groups in total. The predicted octanol–water partition coefficient (Wildman–Crippen LogP) is 5.30. The molecule has 9 heteroatoms. The zero-order chi connectivity index (χ0) is 20.3. The number of aromatic nitrogens is 2. The minimum absolute atomic E-state index is 0.450. The van der Waals surface area contributed by atoms with Gasteiger partial charge in [-0.2, -0.15) is 0 Å². The zero-order valence-electron chi connectivity index (χ0n) is 15.4. The molecule has 1 atom stereocenters. The normalized spacial score (nSPS) is 11.9. The second-order valence-electron chi connectivity index (χ2n) is 6.09. The van der Waals surface area contributed by atoms with Crippen LogP contribution in [0.25, 0.3) is 0 Å². The lowest BCUT2D eigenvalue weighted by Gasteiger charge is -2.11. The molecule has 1 amide bonds. The summed E-state index contributed by atoms with van der Waals surface area (Å²) < 4.78 is 27.9. The number of para-hydroxylation sites is 1. The highest BCUT2D eigenvalue weighted by atomic mass is 32.2. The van der Waals surface area contributed by atoms with Crippen molar-refractivity contribution >= 4 is 45.5 Å². The molecule has 1 unspecified atom stereocenters. The fourth-order valence-corrected chi connectivity index (χ4v) is 4.26. The lowest BCUT2D eigenvalue weighted by atomic mass is 10.1. The number of carbonyl (C=O) groups excluding carboxylic acids is 1. The standard InChI is InChI=1S/C19H18F2N4OS2/c1-10-6-4-9-15(11(10)2)22-18-24-25-19(28-18)27-12(3)17(26)23-16-13(20)7-5-8-14(16)21/h4-9,12H,1-3H3,(H,22,24)(H,23,26). The summed E-state index contributed by atoms with van der Waals surface area (Å²) in [6.45, 7) is 5.68. The van der Waals surface area contributed by atoms with Gasteiger partial charge >= 0.3 is 0 Å². The topological polar surface area (TPSA) is 66.9 Å². The first-order valence-electron chi connectivity index (χ1n) is 8.43. The SMILES string of the molecule is Cc1cccc(Nc2nnc(SC(C)C(=O)Nc3c(F)cccc3F)s2)c1C. The van der Waals surface area contributed by atoms with Crippen molar-refractivity contribution in [2.24, 2.45) is 0 Å². The average molecular weight is 421 g/mol. The highest BCUT2D eigenvalue weighted by molar-refractivity contribution is 8.02. The molecule has 1 aromatic heterocycles. The number of benzene rings is 2. The Morgan fingerprint density at radius 1 is 1.11 bits per heavy atom. The van der Waals surface area contributed by atoms with Gasteiger partial charge < -0.3 is 10.6 Å². The minimum atomic E-state index is -0.818. The van der Waals surface area contributed by atoms with Gasteiger partial charge in [-0.3, -0.25) is 4.79 Å². The molecule has 0 saturated heterocycles. The zero-order valence-corrected chi connectivity index (χ0v) is 17.0. The molecule has 28 heavy (non-hydrogen) atoms. The van der Waals surface area contributed by atoms with E-state index in [0.717, 1.165) is 28.9 Å². The highest BCUT2D eigenvalue weighted by Gasteiger charge is 2.20. The number of halogens is 2. The van der Waals surface area contributed by atoms with Crippen LogP contribution < -0.4 is 10.6 Å². The Bertz CT molecular complexity index is 989. The maximum absolute atomic E-state index is 13.7. The van der Waals surface area contributed by atoms with Crippen LogP contribution in [-0.4, -0.2) is 21.4 Å². The number of hydrogen-bond donors (Lipinski definition) is 2. The van der Waals surface area contributed by atoms with Gasteiger partial charge in [0.1, 0.15) is 17.3 Å². The van der Waals surface area contributed by atoms with E-state index < -0.39 is 28.5 Å². The van der Waals surface area contributed by atoms with Gasteiger partial charge in [0.2, 0.25) is 11.0 Å². The van der Waals surface area contributed by atoms with Crippen LogP contribution in [0, 0.1) is 25.5 Å². The fourth-order valence-electron chi connectivity index (χ4n) is 2.36. The van der Waals surface area contributed by atoms with Crippen LogP contribution in [0.5, 0.6) is 0 Å². The third-order valence-corrected chi connectivity index (χ3v) is 6.13. The highest BCUT2D eigenvalue weighted by Crippen LogP contribution is 2.32. The van der Waals surface area contributed by atoms with Crippen molar-refractivity contribution < 1.29 is 13.6 Å². The second kappa shape index (κ2) is 8.66. The van der Waals surface area contributed by atoms with E-state index in [1.165, 1.54) is 29.2 Å². The number of anilines is 3. The molecule has 3 rings (SSSR count). The molecule has 0 spiro atoms. The van der Waals surface area contributed by atoms with E-state index in [2.05, 4.69) is 20.8 Å². The van der Waals surface area contributed by atoms with Crippen molar-refractivity contribution in [3.8, 4) is 0 Å². The second-order valence-corrected chi connectivity index (χ2v) is 8.66. The molecule has 0 aliphatic rings. The largest absolute Gasteiger partial charge is 0.330 e. The number of rotatable bonds is 6. The summed E-state index contributed by atoms with van der Waals surface area (Å²) in [6.07, 6.45) is 0. The van der Waals surface area contributed by atoms with Crippen LogP contribution in [0.4, 0.5) is 25.3 Å². The van der Waals surface area contributed by atoms with Crippen LogP contribution in [0.1, 0.15) is 18.1 Å². The number of amides is 1. The summed E-state index contributed by atoms with van der Waals surface area (Å²) in [4.78, 5) is 12.3. The smallest absolute Gasteiger partial charge is 0.237 e. The fraction of sp³-hybridized carbons (Fsp3) is 0.211. The van der Waals surface area contributed by atoms with E-state index in [4.69, 9.17) is 0 Å². The molecule has 1 heterocycles. The maximum Gasteiger partial charge on any atom is 0.237 e. The van der Waals surface area contributed by atoms with Gasteiger partial charge in [-0.05, 0) is 50.1 Å². The summed E-state index contributed by atoms with van der Waals surface area (Å²) in [5.74, 6) is -2.16. The summed E-state index contributed by atoms with van der Waals surface area (Å²) in [7, 11) is 0. The summed E-state index contributed by atoms with van der Waals surface area (Å²) >= 11 is 2.47. The van der Waals surface area contributed by atoms with E-state index in [-0.39, 0.29) is 0 Å². The summed E-state index contributed by atoms with van der Waals surface area (Å²) in [5.41, 5.74) is 2.77. The Kier molecular flexibility index (Phi) is 6.25. The van der Waals surface area contributed by atoms with Gasteiger partial charge in [-0.1, -0.05) is 41.3 Å². The van der Waals surface area contributed by atoms with Crippen LogP contribution in [0.2, 0.25) is 0 Å². The number of nitrogens with one attached hydrogen (secondary N) is 2. The molecule has 0 radical (unpaired) electrons. The Morgan fingerprint density at radius 2 is 1.79 bits per heavy atom. The van der Waals surface area contributed by atoms with Crippen molar-refractivity contribution in [2.75, 3.05) is 10.6 Å². The Balaban J connectivity index is 1.64. The third kappa shape index (κ3) is 4.66. The van der Waals surface area contributed by atoms with Crippen LogP contribution in [-0.2, 0) is 4.79 Å². The number of hydrogen-bond acceptors (Lipinski definition) is 6.